The number of amides is 4. The molecule has 236 valence electrons. The van der Waals surface area contributed by atoms with Crippen molar-refractivity contribution in [3.63, 3.8) is 0 Å². The third kappa shape index (κ3) is 4.59. The number of aryl methyl sites for hydroxylation is 1. The van der Waals surface area contributed by atoms with Crippen molar-refractivity contribution in [1.29, 1.82) is 0 Å². The summed E-state index contributed by atoms with van der Waals surface area (Å²) >= 11 is 14.6. The van der Waals surface area contributed by atoms with Crippen molar-refractivity contribution >= 4 is 58.5 Å². The van der Waals surface area contributed by atoms with E-state index in [1.807, 2.05) is 0 Å². The highest BCUT2D eigenvalue weighted by molar-refractivity contribution is 6.58. The maximum atomic E-state index is 14.3. The summed E-state index contributed by atoms with van der Waals surface area (Å²) in [6.45, 7) is 1.81. The third-order valence-electron chi connectivity index (χ3n) is 9.84. The Hall–Kier alpha value is -3.76. The van der Waals surface area contributed by atoms with Gasteiger partial charge in [-0.1, -0.05) is 36.3 Å². The zero-order valence-electron chi connectivity index (χ0n) is 24.3. The van der Waals surface area contributed by atoms with Crippen LogP contribution in [0.3, 0.4) is 0 Å². The van der Waals surface area contributed by atoms with Crippen molar-refractivity contribution in [3.8, 4) is 5.75 Å². The minimum atomic E-state index is -2.13. The molecule has 2 heterocycles. The van der Waals surface area contributed by atoms with Crippen LogP contribution in [-0.4, -0.2) is 61.0 Å². The molecule has 6 rings (SSSR count). The van der Waals surface area contributed by atoms with E-state index in [9.17, 15) is 33.5 Å². The number of alkyl halides is 2. The quantitative estimate of drug-likeness (QED) is 0.176. The fourth-order valence-electron chi connectivity index (χ4n) is 7.67. The number of likely N-dealkylation sites (tertiary alicyclic amines) is 1. The normalized spacial score (nSPS) is 30.7. The molecule has 2 aliphatic carbocycles. The Balaban J connectivity index is 1.43. The summed E-state index contributed by atoms with van der Waals surface area (Å²) in [6, 6.07) is 9.74. The molecular formula is C33H31Cl2FN2O7. The number of fused-ring (bicyclic) bond motifs is 4. The Kier molecular flexibility index (Phi) is 7.80. The molecule has 4 amide bonds. The van der Waals surface area contributed by atoms with E-state index in [0.717, 1.165) is 17.0 Å². The number of anilines is 1. The van der Waals surface area contributed by atoms with Crippen molar-refractivity contribution < 1.29 is 38.6 Å². The molecule has 2 aliphatic heterocycles. The predicted molar refractivity (Wildman–Crippen MR) is 162 cm³/mol. The number of carboxylic acid groups (broad SMARTS) is 1. The van der Waals surface area contributed by atoms with Crippen LogP contribution >= 0.6 is 23.2 Å². The number of allylic oxidation sites excluding steroid dienone is 2. The molecule has 1 saturated carbocycles. The molecule has 2 aromatic rings. The number of benzene rings is 2. The molecule has 45 heavy (non-hydrogen) atoms. The molecular weight excluding hydrogens is 626 g/mol. The Morgan fingerprint density at radius 1 is 0.978 bits per heavy atom. The number of nitrogens with zero attached hydrogens (tertiary/aromatic N) is 2. The second-order valence-electron chi connectivity index (χ2n) is 12.3. The van der Waals surface area contributed by atoms with Crippen molar-refractivity contribution in [2.24, 2.45) is 17.8 Å². The van der Waals surface area contributed by atoms with E-state index in [0.29, 0.717) is 30.4 Å². The zero-order valence-corrected chi connectivity index (χ0v) is 25.9. The Bertz CT molecular complexity index is 1660. The summed E-state index contributed by atoms with van der Waals surface area (Å²) < 4.78 is 13.8. The van der Waals surface area contributed by atoms with Crippen molar-refractivity contribution in [3.05, 3.63) is 71.1 Å². The van der Waals surface area contributed by atoms with Crippen molar-refractivity contribution in [2.75, 3.05) is 11.4 Å². The number of carbonyl (C=O) groups is 5. The molecule has 0 spiro atoms. The maximum Gasteiger partial charge on any atom is 0.303 e. The highest BCUT2D eigenvalue weighted by Crippen LogP contribution is 2.66. The molecule has 2 N–H and O–H groups in total. The van der Waals surface area contributed by atoms with Gasteiger partial charge >= 0.3 is 5.97 Å². The minimum Gasteiger partial charge on any atom is -0.507 e. The molecule has 3 fully saturated rings. The Morgan fingerprint density at radius 2 is 1.69 bits per heavy atom. The monoisotopic (exact) mass is 656 g/mol. The first-order valence-electron chi connectivity index (χ1n) is 14.9. The number of carbonyl (C=O) groups excluding carboxylic acids is 4. The van der Waals surface area contributed by atoms with E-state index in [4.69, 9.17) is 28.3 Å². The van der Waals surface area contributed by atoms with Crippen LogP contribution in [-0.2, 0) is 24.0 Å². The smallest absolute Gasteiger partial charge is 0.303 e. The second-order valence-corrected chi connectivity index (χ2v) is 13.5. The van der Waals surface area contributed by atoms with Gasteiger partial charge in [0.2, 0.25) is 11.8 Å². The molecule has 0 bridgehead atoms. The average Bonchev–Trinajstić information content (AvgIpc) is 3.33. The third-order valence-corrected chi connectivity index (χ3v) is 11.3. The maximum absolute atomic E-state index is 14.3. The molecule has 0 radical (unpaired) electrons. The van der Waals surface area contributed by atoms with Gasteiger partial charge in [-0.15, -0.1) is 23.2 Å². The average molecular weight is 658 g/mol. The lowest BCUT2D eigenvalue weighted by atomic mass is 9.56. The number of rotatable bonds is 8. The summed E-state index contributed by atoms with van der Waals surface area (Å²) in [5.41, 5.74) is 1.38. The predicted octanol–water partition coefficient (Wildman–Crippen LogP) is 5.05. The number of aromatic hydroxyl groups is 1. The first-order valence-corrected chi connectivity index (χ1v) is 15.7. The van der Waals surface area contributed by atoms with Crippen molar-refractivity contribution in [1.82, 2.24) is 4.90 Å². The van der Waals surface area contributed by atoms with Crippen LogP contribution in [0.1, 0.15) is 55.6 Å². The standard InChI is InChI=1S/C33H31Cl2FN2O7/c1-17-6-5-7-22(27(17)41)26-20-13-14-21-25(29(43)37(28(21)42)15-4-2-3-8-24(39)40)23(20)16-32(34)30(44)38(31(45)33(26,32)35)19-11-9-18(36)10-12-19/h5-7,9-13,21,23,25-26,41H,2-4,8,14-16H2,1H3,(H,39,40)/t21-,23+,25-,26+,32+,33-/m0/s1. The van der Waals surface area contributed by atoms with Gasteiger partial charge in [0.15, 0.2) is 9.75 Å². The SMILES string of the molecule is Cc1cccc([C@H]2C3=CC[C@@H]4C(=O)N(CCCCCC(=O)O)C(=O)[C@@H]4[C@@H]3C[C@@]3(Cl)C(=O)N(c4ccc(F)cc4)C(=O)[C@@]23Cl)c1O. The van der Waals surface area contributed by atoms with Crippen LogP contribution in [0.15, 0.2) is 54.1 Å². The number of hydrogen-bond acceptors (Lipinski definition) is 6. The highest BCUT2D eigenvalue weighted by Gasteiger charge is 2.76. The number of hydrogen-bond donors (Lipinski definition) is 2. The molecule has 2 aromatic carbocycles. The molecule has 9 nitrogen and oxygen atoms in total. The van der Waals surface area contributed by atoms with Gasteiger partial charge in [0.25, 0.3) is 11.8 Å². The van der Waals surface area contributed by atoms with E-state index in [1.165, 1.54) is 17.0 Å². The Labute approximate surface area is 268 Å². The first-order chi connectivity index (χ1) is 21.3. The van der Waals surface area contributed by atoms with E-state index in [2.05, 4.69) is 0 Å². The number of imide groups is 2. The van der Waals surface area contributed by atoms with Crippen LogP contribution in [0.2, 0.25) is 0 Å². The van der Waals surface area contributed by atoms with Gasteiger partial charge in [0, 0.05) is 24.4 Å². The summed E-state index contributed by atoms with van der Waals surface area (Å²) in [4.78, 5) is 64.7. The topological polar surface area (TPSA) is 132 Å². The van der Waals surface area contributed by atoms with Gasteiger partial charge in [-0.05, 0) is 68.4 Å². The number of phenolic OH excluding ortho intramolecular Hbond substituents is 1. The van der Waals surface area contributed by atoms with Gasteiger partial charge in [0.05, 0.1) is 17.5 Å². The zero-order chi connectivity index (χ0) is 32.4. The lowest BCUT2D eigenvalue weighted by molar-refractivity contribution is -0.141. The van der Waals surface area contributed by atoms with E-state index in [1.54, 1.807) is 31.2 Å². The fraction of sp³-hybridized carbons (Fsp3) is 0.424. The molecule has 0 unspecified atom stereocenters. The van der Waals surface area contributed by atoms with E-state index >= 15 is 0 Å². The number of para-hydroxylation sites is 1. The van der Waals surface area contributed by atoms with Gasteiger partial charge in [-0.3, -0.25) is 28.9 Å². The van der Waals surface area contributed by atoms with E-state index in [-0.39, 0.29) is 48.7 Å². The van der Waals surface area contributed by atoms with Crippen LogP contribution in [0, 0.1) is 30.5 Å². The highest BCUT2D eigenvalue weighted by atomic mass is 35.5. The van der Waals surface area contributed by atoms with Gasteiger partial charge < -0.3 is 10.2 Å². The fourth-order valence-corrected chi connectivity index (χ4v) is 8.59. The summed E-state index contributed by atoms with van der Waals surface area (Å²) in [5, 5.41) is 20.2. The number of halogens is 3. The molecule has 6 atom stereocenters. The molecule has 4 aliphatic rings. The van der Waals surface area contributed by atoms with Gasteiger partial charge in [-0.25, -0.2) is 9.29 Å². The minimum absolute atomic E-state index is 0.00460. The Morgan fingerprint density at radius 3 is 2.38 bits per heavy atom. The molecule has 0 aromatic heterocycles. The van der Waals surface area contributed by atoms with Crippen LogP contribution < -0.4 is 4.90 Å². The van der Waals surface area contributed by atoms with Crippen LogP contribution in [0.4, 0.5) is 10.1 Å². The van der Waals surface area contributed by atoms with Crippen molar-refractivity contribution in [2.45, 2.75) is 61.1 Å². The van der Waals surface area contributed by atoms with Gasteiger partial charge in [-0.2, -0.15) is 0 Å². The van der Waals surface area contributed by atoms with Crippen LogP contribution in [0.5, 0.6) is 5.75 Å². The first kappa shape index (κ1) is 31.2. The lowest BCUT2D eigenvalue weighted by Gasteiger charge is -2.50. The lowest BCUT2D eigenvalue weighted by Crippen LogP contribution is -2.60. The summed E-state index contributed by atoms with van der Waals surface area (Å²) in [6.07, 6.45) is 3.14. The second kappa shape index (κ2) is 11.2. The van der Waals surface area contributed by atoms with Gasteiger partial charge in [0.1, 0.15) is 11.6 Å². The van der Waals surface area contributed by atoms with E-state index < -0.39 is 62.9 Å². The number of unbranched alkanes of at least 4 members (excludes halogenated alkanes) is 2. The number of aliphatic carboxylic acids is 1. The summed E-state index contributed by atoms with van der Waals surface area (Å²) in [5.74, 6) is -7.51. The molecule has 12 heteroatoms. The number of phenols is 1. The van der Waals surface area contributed by atoms with Crippen LogP contribution in [0.25, 0.3) is 0 Å². The summed E-state index contributed by atoms with van der Waals surface area (Å²) in [7, 11) is 0. The largest absolute Gasteiger partial charge is 0.507 e. The molecule has 2 saturated heterocycles. The number of carboxylic acids is 1.